The number of carbonyl (C=O) groups is 3. The molecule has 1 N–H and O–H groups in total. The Kier molecular flexibility index (Phi) is 5.78. The van der Waals surface area contributed by atoms with Crippen molar-refractivity contribution in [1.29, 1.82) is 0 Å². The maximum atomic E-state index is 12.8. The van der Waals surface area contributed by atoms with E-state index in [2.05, 4.69) is 5.32 Å². The van der Waals surface area contributed by atoms with Gasteiger partial charge in [-0.2, -0.15) is 4.31 Å². The molecule has 0 unspecified atom stereocenters. The van der Waals surface area contributed by atoms with Gasteiger partial charge in [0.1, 0.15) is 12.3 Å². The molecule has 0 aliphatic carbocycles. The molecule has 32 heavy (non-hydrogen) atoms. The minimum absolute atomic E-state index is 0.102. The number of amides is 4. The van der Waals surface area contributed by atoms with Gasteiger partial charge in [-0.1, -0.05) is 30.3 Å². The van der Waals surface area contributed by atoms with Crippen LogP contribution in [0.15, 0.2) is 53.1 Å². The average molecular weight is 461 g/mol. The van der Waals surface area contributed by atoms with Gasteiger partial charge in [0.25, 0.3) is 5.91 Å². The number of nitrogens with zero attached hydrogens (tertiary/aromatic N) is 3. The first kappa shape index (κ1) is 22.0. The largest absolute Gasteiger partial charge is 0.466 e. The summed E-state index contributed by atoms with van der Waals surface area (Å²) in [6.07, 6.45) is 1.40. The molecule has 0 spiro atoms. The second-order valence-corrected chi connectivity index (χ2v) is 9.91. The van der Waals surface area contributed by atoms with Crippen LogP contribution < -0.4 is 5.32 Å². The normalized spacial score (nSPS) is 22.3. The summed E-state index contributed by atoms with van der Waals surface area (Å²) in [4.78, 5) is 40.3. The van der Waals surface area contributed by atoms with Crippen molar-refractivity contribution in [2.75, 3.05) is 32.7 Å². The van der Waals surface area contributed by atoms with Crippen LogP contribution in [0.5, 0.6) is 0 Å². The molecule has 3 heterocycles. The molecule has 2 aliphatic heterocycles. The number of carbonyl (C=O) groups excluding carboxylic acids is 3. The zero-order valence-electron chi connectivity index (χ0n) is 17.6. The summed E-state index contributed by atoms with van der Waals surface area (Å²) in [5.74, 6) is -0.814. The standard InChI is InChI=1S/C21H24N4O6S/c1-21(17-8-5-13-31-17)19(27)25(20(28)22-21)14-18(26)23-9-11-24(12-10-23)32(29,30)15-16-6-3-2-4-7-16/h2-8,13H,9-12,14-15H2,1H3,(H,22,28)/t21-/m1/s1. The van der Waals surface area contributed by atoms with E-state index in [0.717, 1.165) is 4.90 Å². The predicted octanol–water partition coefficient (Wildman–Crippen LogP) is 0.721. The molecule has 0 bridgehead atoms. The summed E-state index contributed by atoms with van der Waals surface area (Å²) in [6, 6.07) is 11.4. The van der Waals surface area contributed by atoms with E-state index in [4.69, 9.17) is 4.42 Å². The molecule has 0 radical (unpaired) electrons. The Balaban J connectivity index is 1.35. The van der Waals surface area contributed by atoms with Gasteiger partial charge in [-0.25, -0.2) is 13.2 Å². The maximum absolute atomic E-state index is 12.8. The first-order valence-corrected chi connectivity index (χ1v) is 11.8. The topological polar surface area (TPSA) is 120 Å². The maximum Gasteiger partial charge on any atom is 0.325 e. The smallest absolute Gasteiger partial charge is 0.325 e. The quantitative estimate of drug-likeness (QED) is 0.635. The third-order valence-electron chi connectivity index (χ3n) is 5.76. The summed E-state index contributed by atoms with van der Waals surface area (Å²) in [5, 5.41) is 2.58. The summed E-state index contributed by atoms with van der Waals surface area (Å²) in [7, 11) is -3.51. The average Bonchev–Trinajstić information content (AvgIpc) is 3.39. The number of hydrogen-bond acceptors (Lipinski definition) is 6. The number of piperazine rings is 1. The van der Waals surface area contributed by atoms with Crippen LogP contribution in [0, 0.1) is 0 Å². The van der Waals surface area contributed by atoms with Crippen LogP contribution in [0.25, 0.3) is 0 Å². The molecule has 2 fully saturated rings. The van der Waals surface area contributed by atoms with Crippen molar-refractivity contribution < 1.29 is 27.2 Å². The van der Waals surface area contributed by atoms with Gasteiger partial charge in [0.2, 0.25) is 15.9 Å². The van der Waals surface area contributed by atoms with Crippen LogP contribution in [-0.4, -0.2) is 73.1 Å². The molecular weight excluding hydrogens is 436 g/mol. The van der Waals surface area contributed by atoms with Gasteiger partial charge < -0.3 is 14.6 Å². The Morgan fingerprint density at radius 1 is 1.06 bits per heavy atom. The molecule has 2 aliphatic rings. The Morgan fingerprint density at radius 2 is 1.75 bits per heavy atom. The minimum atomic E-state index is -3.51. The molecule has 4 amide bonds. The zero-order valence-corrected chi connectivity index (χ0v) is 18.4. The molecule has 2 aromatic rings. The number of benzene rings is 1. The predicted molar refractivity (Wildman–Crippen MR) is 114 cm³/mol. The lowest BCUT2D eigenvalue weighted by Crippen LogP contribution is -2.53. The molecule has 4 rings (SSSR count). The highest BCUT2D eigenvalue weighted by atomic mass is 32.2. The van der Waals surface area contributed by atoms with E-state index in [1.807, 2.05) is 6.07 Å². The zero-order chi connectivity index (χ0) is 22.9. The summed E-state index contributed by atoms with van der Waals surface area (Å²) in [5.41, 5.74) is -0.672. The molecule has 1 aromatic carbocycles. The number of nitrogens with one attached hydrogen (secondary N) is 1. The van der Waals surface area contributed by atoms with Gasteiger partial charge in [-0.3, -0.25) is 14.5 Å². The van der Waals surface area contributed by atoms with E-state index in [1.54, 1.807) is 36.4 Å². The Morgan fingerprint density at radius 3 is 2.38 bits per heavy atom. The number of hydrogen-bond donors (Lipinski definition) is 1. The summed E-state index contributed by atoms with van der Waals surface area (Å²) in [6.45, 7) is 1.79. The molecule has 11 heteroatoms. The Hall–Kier alpha value is -3.18. The molecule has 170 valence electrons. The SMILES string of the molecule is C[C@]1(c2ccco2)NC(=O)N(CC(=O)N2CCN(S(=O)(=O)Cc3ccccc3)CC2)C1=O. The van der Waals surface area contributed by atoms with E-state index >= 15 is 0 Å². The fourth-order valence-electron chi connectivity index (χ4n) is 3.90. The molecule has 10 nitrogen and oxygen atoms in total. The van der Waals surface area contributed by atoms with Crippen LogP contribution in [0.1, 0.15) is 18.2 Å². The molecule has 2 saturated heterocycles. The lowest BCUT2D eigenvalue weighted by atomic mass is 9.99. The van der Waals surface area contributed by atoms with Crippen LogP contribution in [-0.2, 0) is 30.9 Å². The van der Waals surface area contributed by atoms with Crippen molar-refractivity contribution in [3.05, 3.63) is 60.1 Å². The first-order chi connectivity index (χ1) is 15.2. The van der Waals surface area contributed by atoms with Crippen LogP contribution in [0.3, 0.4) is 0 Å². The van der Waals surface area contributed by atoms with Gasteiger partial charge in [-0.05, 0) is 24.6 Å². The van der Waals surface area contributed by atoms with E-state index in [0.29, 0.717) is 5.56 Å². The number of furan rings is 1. The first-order valence-electron chi connectivity index (χ1n) is 10.2. The molecule has 1 aromatic heterocycles. The summed E-state index contributed by atoms with van der Waals surface area (Å²) >= 11 is 0. The van der Waals surface area contributed by atoms with Gasteiger partial charge in [-0.15, -0.1) is 0 Å². The second-order valence-electron chi connectivity index (χ2n) is 7.95. The van der Waals surface area contributed by atoms with Crippen molar-refractivity contribution in [3.8, 4) is 0 Å². The Labute approximate surface area is 185 Å². The van der Waals surface area contributed by atoms with E-state index in [9.17, 15) is 22.8 Å². The Bertz CT molecular complexity index is 1110. The van der Waals surface area contributed by atoms with Gasteiger partial charge in [0.15, 0.2) is 5.54 Å². The number of rotatable bonds is 6. The van der Waals surface area contributed by atoms with E-state index in [1.165, 1.54) is 22.4 Å². The van der Waals surface area contributed by atoms with Crippen molar-refractivity contribution in [3.63, 3.8) is 0 Å². The van der Waals surface area contributed by atoms with Crippen molar-refractivity contribution >= 4 is 27.9 Å². The molecular formula is C21H24N4O6S. The lowest BCUT2D eigenvalue weighted by Gasteiger charge is -2.34. The highest BCUT2D eigenvalue weighted by Crippen LogP contribution is 2.29. The van der Waals surface area contributed by atoms with Crippen molar-refractivity contribution in [2.24, 2.45) is 0 Å². The summed E-state index contributed by atoms with van der Waals surface area (Å²) < 4.78 is 32.0. The van der Waals surface area contributed by atoms with Gasteiger partial charge >= 0.3 is 6.03 Å². The second kappa shape index (κ2) is 8.40. The third-order valence-corrected chi connectivity index (χ3v) is 7.61. The third kappa shape index (κ3) is 4.13. The lowest BCUT2D eigenvalue weighted by molar-refractivity contribution is -0.139. The van der Waals surface area contributed by atoms with E-state index < -0.39 is 40.0 Å². The van der Waals surface area contributed by atoms with Crippen LogP contribution >= 0.6 is 0 Å². The number of urea groups is 1. The fraction of sp³-hybridized carbons (Fsp3) is 0.381. The fourth-order valence-corrected chi connectivity index (χ4v) is 5.41. The number of sulfonamides is 1. The van der Waals surface area contributed by atoms with E-state index in [-0.39, 0.29) is 37.7 Å². The van der Waals surface area contributed by atoms with Crippen LogP contribution in [0.2, 0.25) is 0 Å². The molecule has 1 atom stereocenters. The number of imide groups is 1. The van der Waals surface area contributed by atoms with Gasteiger partial charge in [0, 0.05) is 26.2 Å². The highest BCUT2D eigenvalue weighted by molar-refractivity contribution is 7.88. The highest BCUT2D eigenvalue weighted by Gasteiger charge is 2.51. The monoisotopic (exact) mass is 460 g/mol. The molecule has 0 saturated carbocycles. The van der Waals surface area contributed by atoms with Gasteiger partial charge in [0.05, 0.1) is 12.0 Å². The van der Waals surface area contributed by atoms with Crippen LogP contribution in [0.4, 0.5) is 4.79 Å². The van der Waals surface area contributed by atoms with Crippen molar-refractivity contribution in [1.82, 2.24) is 19.4 Å². The minimum Gasteiger partial charge on any atom is -0.466 e. The van der Waals surface area contributed by atoms with Crippen molar-refractivity contribution in [2.45, 2.75) is 18.2 Å².